The summed E-state index contributed by atoms with van der Waals surface area (Å²) in [5, 5.41) is 2.03. The molecule has 3 aromatic rings. The van der Waals surface area contributed by atoms with Crippen molar-refractivity contribution in [1.82, 2.24) is 19.8 Å². The average molecular weight is 427 g/mol. The number of thiophene rings is 1. The molecule has 0 bridgehead atoms. The van der Waals surface area contributed by atoms with E-state index in [4.69, 9.17) is 0 Å². The van der Waals surface area contributed by atoms with Gasteiger partial charge < -0.3 is 4.90 Å². The number of aryl methyl sites for hydroxylation is 2. The topological polar surface area (TPSA) is 49.3 Å². The highest BCUT2D eigenvalue weighted by Crippen LogP contribution is 2.34. The number of carbonyl (C=O) groups excluding carboxylic acids is 1. The molecule has 1 aliphatic rings. The molecule has 1 aromatic carbocycles. The standard InChI is InChI=1S/C22H26N4OS2/c1-16-17(2)29-22-20(16)21(23-15-24-22)28-14-19(27)26-12-10-25(11-13-26)9-8-18-6-4-3-5-7-18/h3-7,15H,8-14H2,1-2H3. The van der Waals surface area contributed by atoms with Gasteiger partial charge in [-0.3, -0.25) is 9.69 Å². The first-order valence-corrected chi connectivity index (χ1v) is 11.8. The van der Waals surface area contributed by atoms with Gasteiger partial charge in [-0.15, -0.1) is 11.3 Å². The Morgan fingerprint density at radius 1 is 1.10 bits per heavy atom. The molecule has 0 radical (unpaired) electrons. The van der Waals surface area contributed by atoms with Crippen LogP contribution < -0.4 is 0 Å². The monoisotopic (exact) mass is 426 g/mol. The second-order valence-corrected chi connectivity index (χ2v) is 9.56. The van der Waals surface area contributed by atoms with Gasteiger partial charge in [-0.2, -0.15) is 0 Å². The number of hydrogen-bond donors (Lipinski definition) is 0. The van der Waals surface area contributed by atoms with Gasteiger partial charge in [0.2, 0.25) is 5.91 Å². The summed E-state index contributed by atoms with van der Waals surface area (Å²) in [5.74, 6) is 0.638. The van der Waals surface area contributed by atoms with Crippen molar-refractivity contribution in [2.24, 2.45) is 0 Å². The summed E-state index contributed by atoms with van der Waals surface area (Å²) in [6.45, 7) is 8.79. The number of thioether (sulfide) groups is 1. The van der Waals surface area contributed by atoms with E-state index in [-0.39, 0.29) is 5.91 Å². The van der Waals surface area contributed by atoms with E-state index >= 15 is 0 Å². The fraction of sp³-hybridized carbons (Fsp3) is 0.409. The zero-order valence-electron chi connectivity index (χ0n) is 16.9. The van der Waals surface area contributed by atoms with Crippen LogP contribution in [0.15, 0.2) is 41.7 Å². The van der Waals surface area contributed by atoms with Gasteiger partial charge in [0, 0.05) is 43.0 Å². The van der Waals surface area contributed by atoms with E-state index in [1.165, 1.54) is 27.8 Å². The molecule has 0 saturated carbocycles. The van der Waals surface area contributed by atoms with Crippen LogP contribution in [0.4, 0.5) is 0 Å². The largest absolute Gasteiger partial charge is 0.339 e. The molecular weight excluding hydrogens is 400 g/mol. The van der Waals surface area contributed by atoms with Crippen LogP contribution in [-0.2, 0) is 11.2 Å². The third-order valence-electron chi connectivity index (χ3n) is 5.55. The van der Waals surface area contributed by atoms with E-state index in [9.17, 15) is 4.79 Å². The van der Waals surface area contributed by atoms with Crippen molar-refractivity contribution < 1.29 is 4.79 Å². The van der Waals surface area contributed by atoms with Crippen LogP contribution in [0.1, 0.15) is 16.0 Å². The SMILES string of the molecule is Cc1sc2ncnc(SCC(=O)N3CCN(CCc4ccccc4)CC3)c2c1C. The summed E-state index contributed by atoms with van der Waals surface area (Å²) < 4.78 is 0. The van der Waals surface area contributed by atoms with Crippen molar-refractivity contribution in [3.8, 4) is 0 Å². The van der Waals surface area contributed by atoms with Crippen molar-refractivity contribution in [3.63, 3.8) is 0 Å². The molecule has 1 fully saturated rings. The number of nitrogens with zero attached hydrogens (tertiary/aromatic N) is 4. The molecule has 7 heteroatoms. The number of fused-ring (bicyclic) bond motifs is 1. The second kappa shape index (κ2) is 9.24. The number of rotatable bonds is 6. The maximum absolute atomic E-state index is 12.7. The number of benzene rings is 1. The maximum atomic E-state index is 12.7. The van der Waals surface area contributed by atoms with Gasteiger partial charge in [0.05, 0.1) is 5.75 Å². The van der Waals surface area contributed by atoms with Gasteiger partial charge in [-0.25, -0.2) is 9.97 Å². The highest BCUT2D eigenvalue weighted by atomic mass is 32.2. The molecule has 152 valence electrons. The smallest absolute Gasteiger partial charge is 0.233 e. The Morgan fingerprint density at radius 2 is 1.86 bits per heavy atom. The predicted molar refractivity (Wildman–Crippen MR) is 121 cm³/mol. The molecule has 1 aliphatic heterocycles. The van der Waals surface area contributed by atoms with E-state index in [1.54, 1.807) is 17.7 Å². The van der Waals surface area contributed by atoms with Crippen LogP contribution in [0.3, 0.4) is 0 Å². The van der Waals surface area contributed by atoms with Gasteiger partial charge in [-0.1, -0.05) is 42.1 Å². The lowest BCUT2D eigenvalue weighted by molar-refractivity contribution is -0.130. The van der Waals surface area contributed by atoms with Gasteiger partial charge in [0.25, 0.3) is 0 Å². The molecule has 1 saturated heterocycles. The Labute approximate surface area is 180 Å². The zero-order chi connectivity index (χ0) is 20.2. The first-order valence-electron chi connectivity index (χ1n) is 9.99. The van der Waals surface area contributed by atoms with Crippen LogP contribution in [0.2, 0.25) is 0 Å². The minimum absolute atomic E-state index is 0.203. The lowest BCUT2D eigenvalue weighted by atomic mass is 10.1. The van der Waals surface area contributed by atoms with E-state index in [0.29, 0.717) is 5.75 Å². The lowest BCUT2D eigenvalue weighted by Crippen LogP contribution is -2.49. The summed E-state index contributed by atoms with van der Waals surface area (Å²) in [7, 11) is 0. The van der Waals surface area contributed by atoms with E-state index in [1.807, 2.05) is 4.90 Å². The quantitative estimate of drug-likeness (QED) is 0.443. The van der Waals surface area contributed by atoms with Gasteiger partial charge in [-0.05, 0) is 31.4 Å². The fourth-order valence-corrected chi connectivity index (χ4v) is 5.65. The van der Waals surface area contributed by atoms with Crippen LogP contribution in [0.25, 0.3) is 10.2 Å². The molecule has 3 heterocycles. The first kappa shape index (κ1) is 20.3. The van der Waals surface area contributed by atoms with Crippen molar-refractivity contribution >= 4 is 39.2 Å². The van der Waals surface area contributed by atoms with Crippen LogP contribution in [0.5, 0.6) is 0 Å². The third kappa shape index (κ3) is 4.79. The summed E-state index contributed by atoms with van der Waals surface area (Å²) in [6.07, 6.45) is 2.67. The molecular formula is C22H26N4OS2. The van der Waals surface area contributed by atoms with E-state index < -0.39 is 0 Å². The molecule has 29 heavy (non-hydrogen) atoms. The molecule has 0 atom stereocenters. The Bertz CT molecular complexity index is 981. The second-order valence-electron chi connectivity index (χ2n) is 7.39. The molecule has 0 unspecified atom stereocenters. The fourth-order valence-electron chi connectivity index (χ4n) is 3.63. The molecule has 0 aliphatic carbocycles. The Kier molecular flexibility index (Phi) is 6.47. The number of piperazine rings is 1. The van der Waals surface area contributed by atoms with Crippen LogP contribution in [0, 0.1) is 13.8 Å². The van der Waals surface area contributed by atoms with Crippen molar-refractivity contribution in [1.29, 1.82) is 0 Å². The van der Waals surface area contributed by atoms with Crippen LogP contribution in [-0.4, -0.2) is 64.2 Å². The van der Waals surface area contributed by atoms with Gasteiger partial charge >= 0.3 is 0 Å². The van der Waals surface area contributed by atoms with Gasteiger partial charge in [0.15, 0.2) is 0 Å². The predicted octanol–water partition coefficient (Wildman–Crippen LogP) is 3.79. The first-order chi connectivity index (χ1) is 14.1. The Hall–Kier alpha value is -1.96. The van der Waals surface area contributed by atoms with E-state index in [2.05, 4.69) is 59.0 Å². The minimum atomic E-state index is 0.203. The molecule has 5 nitrogen and oxygen atoms in total. The highest BCUT2D eigenvalue weighted by molar-refractivity contribution is 8.00. The number of hydrogen-bond acceptors (Lipinski definition) is 6. The van der Waals surface area contributed by atoms with Gasteiger partial charge in [0.1, 0.15) is 16.2 Å². The highest BCUT2D eigenvalue weighted by Gasteiger charge is 2.22. The number of amides is 1. The van der Waals surface area contributed by atoms with Crippen molar-refractivity contribution in [2.45, 2.75) is 25.3 Å². The third-order valence-corrected chi connectivity index (χ3v) is 7.64. The Balaban J connectivity index is 1.27. The number of carbonyl (C=O) groups is 1. The molecule has 4 rings (SSSR count). The molecule has 1 amide bonds. The normalized spacial score (nSPS) is 15.2. The maximum Gasteiger partial charge on any atom is 0.233 e. The summed E-state index contributed by atoms with van der Waals surface area (Å²) in [6, 6.07) is 10.6. The molecule has 2 aromatic heterocycles. The van der Waals surface area contributed by atoms with E-state index in [0.717, 1.165) is 54.4 Å². The summed E-state index contributed by atoms with van der Waals surface area (Å²) in [4.78, 5) is 28.3. The lowest BCUT2D eigenvalue weighted by Gasteiger charge is -2.34. The minimum Gasteiger partial charge on any atom is -0.339 e. The summed E-state index contributed by atoms with van der Waals surface area (Å²) in [5.41, 5.74) is 2.60. The van der Waals surface area contributed by atoms with Crippen LogP contribution >= 0.6 is 23.1 Å². The van der Waals surface area contributed by atoms with Crippen molar-refractivity contribution in [2.75, 3.05) is 38.5 Å². The summed E-state index contributed by atoms with van der Waals surface area (Å²) >= 11 is 3.23. The average Bonchev–Trinajstić information content (AvgIpc) is 3.06. The zero-order valence-corrected chi connectivity index (χ0v) is 18.6. The molecule has 0 N–H and O–H groups in total. The number of aromatic nitrogens is 2. The van der Waals surface area contributed by atoms with Crippen molar-refractivity contribution in [3.05, 3.63) is 52.7 Å². The Morgan fingerprint density at radius 3 is 2.62 bits per heavy atom. The molecule has 0 spiro atoms.